The zero-order chi connectivity index (χ0) is 28.5. The lowest BCUT2D eigenvalue weighted by Crippen LogP contribution is -2.29. The highest BCUT2D eigenvalue weighted by molar-refractivity contribution is 5.95. The number of ether oxygens (including phenoxy) is 3. The van der Waals surface area contributed by atoms with Crippen LogP contribution in [0.2, 0.25) is 0 Å². The summed E-state index contributed by atoms with van der Waals surface area (Å²) in [6.07, 6.45) is 0.586. The van der Waals surface area contributed by atoms with Gasteiger partial charge < -0.3 is 19.5 Å². The first kappa shape index (κ1) is 28.8. The number of amides is 1. The van der Waals surface area contributed by atoms with Crippen molar-refractivity contribution in [2.24, 2.45) is 0 Å². The van der Waals surface area contributed by atoms with E-state index >= 15 is 0 Å². The van der Waals surface area contributed by atoms with Crippen molar-refractivity contribution in [2.45, 2.75) is 46.6 Å². The molecule has 0 radical (unpaired) electrons. The summed E-state index contributed by atoms with van der Waals surface area (Å²) in [5.41, 5.74) is 7.89. The molecule has 1 aromatic heterocycles. The van der Waals surface area contributed by atoms with E-state index in [4.69, 9.17) is 19.2 Å². The van der Waals surface area contributed by atoms with Crippen LogP contribution >= 0.6 is 0 Å². The molecule has 1 amide bonds. The quantitative estimate of drug-likeness (QED) is 0.204. The maximum absolute atomic E-state index is 13.3. The smallest absolute Gasteiger partial charge is 0.273 e. The monoisotopic (exact) mass is 538 g/mol. The number of aromatic nitrogens is 1. The van der Waals surface area contributed by atoms with E-state index in [9.17, 15) is 4.79 Å². The molecule has 0 aliphatic heterocycles. The number of aryl methyl sites for hydroxylation is 1. The second-order valence-electron chi connectivity index (χ2n) is 10.1. The van der Waals surface area contributed by atoms with Crippen LogP contribution in [-0.2, 0) is 17.8 Å². The predicted octanol–water partition coefficient (Wildman–Crippen LogP) is 6.69. The summed E-state index contributed by atoms with van der Waals surface area (Å²) in [5.74, 6) is 1.16. The Bertz CT molecular complexity index is 1420. The molecule has 0 aliphatic rings. The summed E-state index contributed by atoms with van der Waals surface area (Å²) in [4.78, 5) is 18.0. The molecule has 0 saturated carbocycles. The number of pyridine rings is 1. The van der Waals surface area contributed by atoms with Gasteiger partial charge in [-0.25, -0.2) is 4.98 Å². The maximum atomic E-state index is 13.3. The molecule has 0 fully saturated rings. The van der Waals surface area contributed by atoms with Gasteiger partial charge in [-0.3, -0.25) is 4.79 Å². The van der Waals surface area contributed by atoms with Gasteiger partial charge in [-0.2, -0.15) is 0 Å². The summed E-state index contributed by atoms with van der Waals surface area (Å²) >= 11 is 0. The number of hydrogen-bond acceptors (Lipinski definition) is 5. The molecule has 1 N–H and O–H groups in total. The van der Waals surface area contributed by atoms with E-state index in [0.29, 0.717) is 25.3 Å². The zero-order valence-corrected chi connectivity index (χ0v) is 24.0. The fourth-order valence-corrected chi connectivity index (χ4v) is 4.65. The summed E-state index contributed by atoms with van der Waals surface area (Å²) in [6.45, 7) is 9.41. The minimum atomic E-state index is -0.273. The molecule has 40 heavy (non-hydrogen) atoms. The van der Waals surface area contributed by atoms with E-state index in [1.54, 1.807) is 13.2 Å². The highest BCUT2D eigenvalue weighted by Gasteiger charge is 2.19. The molecule has 208 valence electrons. The molecule has 0 spiro atoms. The van der Waals surface area contributed by atoms with Gasteiger partial charge in [-0.1, -0.05) is 67.6 Å². The number of carbonyl (C=O) groups is 1. The number of carbonyl (C=O) groups excluding carboxylic acids is 1. The maximum Gasteiger partial charge on any atom is 0.273 e. The van der Waals surface area contributed by atoms with Crippen molar-refractivity contribution in [3.8, 4) is 11.5 Å². The standard InChI is InChI=1S/C34H38N2O4/c1-23-18-32(39-21-27-12-8-6-9-13-27)26(4)25(3)30(23)19-29-16-17-31(40-22-38-5)33(36-29)34(37)35-20-24(2)28-14-10-7-11-15-28/h6-18,24H,19-22H2,1-5H3,(H,35,37)/t24-/m0/s1. The van der Waals surface area contributed by atoms with Crippen LogP contribution in [0, 0.1) is 20.8 Å². The Morgan fingerprint density at radius 1 is 0.875 bits per heavy atom. The fourth-order valence-electron chi connectivity index (χ4n) is 4.65. The molecule has 0 unspecified atom stereocenters. The van der Waals surface area contributed by atoms with Crippen molar-refractivity contribution in [3.63, 3.8) is 0 Å². The third-order valence-corrected chi connectivity index (χ3v) is 7.20. The van der Waals surface area contributed by atoms with E-state index in [0.717, 1.165) is 39.3 Å². The Kier molecular flexibility index (Phi) is 9.92. The molecule has 6 heteroatoms. The van der Waals surface area contributed by atoms with Crippen LogP contribution in [0.3, 0.4) is 0 Å². The molecule has 4 rings (SSSR count). The van der Waals surface area contributed by atoms with Gasteiger partial charge in [0, 0.05) is 25.8 Å². The molecular weight excluding hydrogens is 500 g/mol. The average Bonchev–Trinajstić information content (AvgIpc) is 2.99. The van der Waals surface area contributed by atoms with E-state index in [1.165, 1.54) is 5.56 Å². The third kappa shape index (κ3) is 7.27. The van der Waals surface area contributed by atoms with Gasteiger partial charge in [-0.15, -0.1) is 0 Å². The van der Waals surface area contributed by atoms with Crippen molar-refractivity contribution in [1.82, 2.24) is 10.3 Å². The largest absolute Gasteiger partial charge is 0.489 e. The lowest BCUT2D eigenvalue weighted by molar-refractivity contribution is 0.0497. The zero-order valence-electron chi connectivity index (χ0n) is 24.0. The number of benzene rings is 3. The van der Waals surface area contributed by atoms with Crippen molar-refractivity contribution < 1.29 is 19.0 Å². The van der Waals surface area contributed by atoms with Crippen LogP contribution in [0.4, 0.5) is 0 Å². The van der Waals surface area contributed by atoms with Crippen molar-refractivity contribution in [2.75, 3.05) is 20.4 Å². The Morgan fingerprint density at radius 3 is 2.27 bits per heavy atom. The SMILES string of the molecule is COCOc1ccc(Cc2c(C)cc(OCc3ccccc3)c(C)c2C)nc1C(=O)NC[C@H](C)c1ccccc1. The first-order valence-electron chi connectivity index (χ1n) is 13.6. The first-order chi connectivity index (χ1) is 19.4. The van der Waals surface area contributed by atoms with Crippen molar-refractivity contribution in [3.05, 3.63) is 124 Å². The Labute approximate surface area is 237 Å². The molecule has 6 nitrogen and oxygen atoms in total. The van der Waals surface area contributed by atoms with Gasteiger partial charge in [0.2, 0.25) is 0 Å². The van der Waals surface area contributed by atoms with Gasteiger partial charge in [0.25, 0.3) is 5.91 Å². The molecule has 0 saturated heterocycles. The van der Waals surface area contributed by atoms with E-state index < -0.39 is 0 Å². The van der Waals surface area contributed by atoms with Crippen LogP contribution in [-0.4, -0.2) is 31.3 Å². The minimum Gasteiger partial charge on any atom is -0.489 e. The fraction of sp³-hybridized carbons (Fsp3) is 0.294. The van der Waals surface area contributed by atoms with Crippen LogP contribution < -0.4 is 14.8 Å². The summed E-state index contributed by atoms with van der Waals surface area (Å²) in [5, 5.41) is 3.03. The Balaban J connectivity index is 1.53. The third-order valence-electron chi connectivity index (χ3n) is 7.20. The molecule has 4 aromatic rings. The van der Waals surface area contributed by atoms with Crippen LogP contribution in [0.1, 0.15) is 62.4 Å². The van der Waals surface area contributed by atoms with Gasteiger partial charge >= 0.3 is 0 Å². The number of hydrogen-bond donors (Lipinski definition) is 1. The molecule has 1 atom stereocenters. The Morgan fingerprint density at radius 2 is 1.57 bits per heavy atom. The molecule has 1 heterocycles. The van der Waals surface area contributed by atoms with E-state index in [-0.39, 0.29) is 24.3 Å². The molecule has 0 aliphatic carbocycles. The second-order valence-corrected chi connectivity index (χ2v) is 10.1. The lowest BCUT2D eigenvalue weighted by Gasteiger charge is -2.18. The molecular formula is C34H38N2O4. The highest BCUT2D eigenvalue weighted by Crippen LogP contribution is 2.30. The first-order valence-corrected chi connectivity index (χ1v) is 13.6. The number of nitrogens with one attached hydrogen (secondary N) is 1. The molecule has 3 aromatic carbocycles. The predicted molar refractivity (Wildman–Crippen MR) is 158 cm³/mol. The van der Waals surface area contributed by atoms with Crippen LogP contribution in [0.5, 0.6) is 11.5 Å². The van der Waals surface area contributed by atoms with Crippen molar-refractivity contribution >= 4 is 5.91 Å². The van der Waals surface area contributed by atoms with Gasteiger partial charge in [0.05, 0.1) is 0 Å². The highest BCUT2D eigenvalue weighted by atomic mass is 16.7. The Hall–Kier alpha value is -4.16. The van der Waals surface area contributed by atoms with E-state index in [1.807, 2.05) is 42.5 Å². The number of methoxy groups -OCH3 is 1. The van der Waals surface area contributed by atoms with Crippen molar-refractivity contribution in [1.29, 1.82) is 0 Å². The minimum absolute atomic E-state index is 0.0313. The summed E-state index contributed by atoms with van der Waals surface area (Å²) in [6, 6.07) is 26.1. The van der Waals surface area contributed by atoms with Crippen LogP contribution in [0.25, 0.3) is 0 Å². The normalized spacial score (nSPS) is 11.6. The van der Waals surface area contributed by atoms with Gasteiger partial charge in [0.15, 0.2) is 18.2 Å². The van der Waals surface area contributed by atoms with E-state index in [2.05, 4.69) is 63.3 Å². The number of nitrogens with zero attached hydrogens (tertiary/aromatic N) is 1. The topological polar surface area (TPSA) is 69.7 Å². The summed E-state index contributed by atoms with van der Waals surface area (Å²) < 4.78 is 16.9. The summed E-state index contributed by atoms with van der Waals surface area (Å²) in [7, 11) is 1.55. The lowest BCUT2D eigenvalue weighted by atomic mass is 9.94. The number of rotatable bonds is 12. The molecule has 0 bridgehead atoms. The average molecular weight is 539 g/mol. The van der Waals surface area contributed by atoms with Gasteiger partial charge in [-0.05, 0) is 78.3 Å². The van der Waals surface area contributed by atoms with Crippen LogP contribution in [0.15, 0.2) is 78.9 Å². The second kappa shape index (κ2) is 13.8. The van der Waals surface area contributed by atoms with Gasteiger partial charge in [0.1, 0.15) is 12.4 Å².